The summed E-state index contributed by atoms with van der Waals surface area (Å²) in [6, 6.07) is 3.00. The van der Waals surface area contributed by atoms with Crippen LogP contribution in [-0.2, 0) is 10.0 Å². The summed E-state index contributed by atoms with van der Waals surface area (Å²) in [5, 5.41) is 0. The summed E-state index contributed by atoms with van der Waals surface area (Å²) >= 11 is 4.79. The minimum Gasteiger partial charge on any atom is -0.388 e. The molecule has 20 heavy (non-hydrogen) atoms. The second-order valence-corrected chi connectivity index (χ2v) is 7.47. The van der Waals surface area contributed by atoms with Crippen LogP contribution in [0, 0.1) is 11.8 Å². The minimum absolute atomic E-state index is 0.142. The van der Waals surface area contributed by atoms with Gasteiger partial charge in [0.25, 0.3) is 0 Å². The van der Waals surface area contributed by atoms with Crippen LogP contribution >= 0.6 is 12.2 Å². The molecule has 1 aromatic rings. The second-order valence-electron chi connectivity index (χ2n) is 5.26. The number of nitrogens with one attached hydrogen (secondary N) is 1. The van der Waals surface area contributed by atoms with Gasteiger partial charge in [-0.1, -0.05) is 32.0 Å². The topological polar surface area (TPSA) is 85.1 Å². The maximum Gasteiger partial charge on any atom is 0.242 e. The normalized spacial score (nSPS) is 22.9. The highest BCUT2D eigenvalue weighted by Crippen LogP contribution is 2.30. The molecule has 1 saturated carbocycles. The Balaban J connectivity index is 2.04. The molecule has 2 rings (SSSR count). The highest BCUT2D eigenvalue weighted by molar-refractivity contribution is 7.89. The number of pyridine rings is 1. The first-order valence-electron chi connectivity index (χ1n) is 6.65. The Hall–Kier alpha value is -1.05. The number of thiocarbonyl (C=S) groups is 1. The third-order valence-corrected chi connectivity index (χ3v) is 5.49. The zero-order valence-corrected chi connectivity index (χ0v) is 13.0. The van der Waals surface area contributed by atoms with Crippen LogP contribution in [0.1, 0.15) is 31.9 Å². The van der Waals surface area contributed by atoms with E-state index in [9.17, 15) is 8.42 Å². The van der Waals surface area contributed by atoms with Crippen molar-refractivity contribution in [2.24, 2.45) is 17.6 Å². The van der Waals surface area contributed by atoms with Crippen LogP contribution in [0.15, 0.2) is 23.2 Å². The van der Waals surface area contributed by atoms with Crippen molar-refractivity contribution in [3.63, 3.8) is 0 Å². The molecule has 0 aliphatic heterocycles. The first kappa shape index (κ1) is 15.3. The predicted molar refractivity (Wildman–Crippen MR) is 81.8 cm³/mol. The number of rotatable bonds is 5. The van der Waals surface area contributed by atoms with Gasteiger partial charge in [0.05, 0.1) is 5.69 Å². The lowest BCUT2D eigenvalue weighted by molar-refractivity contribution is 0.414. The van der Waals surface area contributed by atoms with Gasteiger partial charge in [0, 0.05) is 12.7 Å². The average Bonchev–Trinajstić information content (AvgIpc) is 2.82. The molecular formula is C13H19N3O2S2. The Bertz CT molecular complexity index is 584. The van der Waals surface area contributed by atoms with E-state index in [4.69, 9.17) is 18.0 Å². The number of aromatic nitrogens is 1. The molecule has 7 heteroatoms. The van der Waals surface area contributed by atoms with E-state index < -0.39 is 10.0 Å². The van der Waals surface area contributed by atoms with E-state index in [1.165, 1.54) is 31.2 Å². The molecule has 1 aliphatic rings. The molecule has 0 radical (unpaired) electrons. The molecule has 0 amide bonds. The third-order valence-electron chi connectivity index (χ3n) is 3.87. The predicted octanol–water partition coefficient (Wildman–Crippen LogP) is 1.43. The van der Waals surface area contributed by atoms with Crippen molar-refractivity contribution in [1.29, 1.82) is 0 Å². The zero-order chi connectivity index (χ0) is 14.8. The largest absolute Gasteiger partial charge is 0.388 e. The van der Waals surface area contributed by atoms with Crippen LogP contribution < -0.4 is 10.5 Å². The molecule has 110 valence electrons. The molecule has 0 spiro atoms. The number of hydrogen-bond acceptors (Lipinski definition) is 4. The molecule has 0 bridgehead atoms. The molecule has 5 nitrogen and oxygen atoms in total. The highest BCUT2D eigenvalue weighted by atomic mass is 32.2. The highest BCUT2D eigenvalue weighted by Gasteiger charge is 2.25. The molecular weight excluding hydrogens is 294 g/mol. The van der Waals surface area contributed by atoms with E-state index in [0.29, 0.717) is 24.1 Å². The maximum atomic E-state index is 12.2. The number of nitrogens with zero attached hydrogens (tertiary/aromatic N) is 1. The Labute approximate surface area is 125 Å². The zero-order valence-electron chi connectivity index (χ0n) is 11.4. The van der Waals surface area contributed by atoms with Gasteiger partial charge in [0.1, 0.15) is 9.88 Å². The maximum absolute atomic E-state index is 12.2. The summed E-state index contributed by atoms with van der Waals surface area (Å²) in [5.41, 5.74) is 5.85. The molecule has 0 aromatic carbocycles. The lowest BCUT2D eigenvalue weighted by Gasteiger charge is -2.16. The molecule has 1 aliphatic carbocycles. The van der Waals surface area contributed by atoms with Crippen molar-refractivity contribution in [2.45, 2.75) is 31.1 Å². The monoisotopic (exact) mass is 313 g/mol. The van der Waals surface area contributed by atoms with Crippen molar-refractivity contribution in [3.05, 3.63) is 24.0 Å². The molecule has 2 unspecified atom stereocenters. The fourth-order valence-corrected chi connectivity index (χ4v) is 3.67. The third kappa shape index (κ3) is 3.53. The molecule has 1 fully saturated rings. The summed E-state index contributed by atoms with van der Waals surface area (Å²) in [4.78, 5) is 4.25. The van der Waals surface area contributed by atoms with Crippen LogP contribution in [0.5, 0.6) is 0 Å². The van der Waals surface area contributed by atoms with Crippen molar-refractivity contribution < 1.29 is 8.42 Å². The molecule has 1 aromatic heterocycles. The Morgan fingerprint density at radius 3 is 2.75 bits per heavy atom. The van der Waals surface area contributed by atoms with Crippen molar-refractivity contribution in [3.8, 4) is 0 Å². The van der Waals surface area contributed by atoms with Gasteiger partial charge in [0.2, 0.25) is 10.0 Å². The van der Waals surface area contributed by atoms with Gasteiger partial charge in [-0.25, -0.2) is 13.1 Å². The lowest BCUT2D eigenvalue weighted by atomic mass is 9.99. The van der Waals surface area contributed by atoms with E-state index >= 15 is 0 Å². The standard InChI is InChI=1S/C13H19N3O2S2/c1-9-3-2-4-10(9)7-16-20(17,18)11-5-6-12(13(14)19)15-8-11/h5-6,8-10,16H,2-4,7H2,1H3,(H2,14,19). The van der Waals surface area contributed by atoms with Gasteiger partial charge in [-0.2, -0.15) is 0 Å². The van der Waals surface area contributed by atoms with Gasteiger partial charge in [-0.15, -0.1) is 0 Å². The van der Waals surface area contributed by atoms with E-state index in [-0.39, 0.29) is 9.88 Å². The molecule has 3 N–H and O–H groups in total. The summed E-state index contributed by atoms with van der Waals surface area (Å²) in [6.45, 7) is 2.66. The molecule has 2 atom stereocenters. The van der Waals surface area contributed by atoms with Crippen molar-refractivity contribution in [2.75, 3.05) is 6.54 Å². The van der Waals surface area contributed by atoms with Crippen LogP contribution in [0.25, 0.3) is 0 Å². The summed E-state index contributed by atoms with van der Waals surface area (Å²) in [7, 11) is -3.51. The SMILES string of the molecule is CC1CCCC1CNS(=O)(=O)c1ccc(C(N)=S)nc1. The fourth-order valence-electron chi connectivity index (χ4n) is 2.51. The first-order valence-corrected chi connectivity index (χ1v) is 8.55. The molecule has 1 heterocycles. The first-order chi connectivity index (χ1) is 9.40. The Kier molecular flexibility index (Phi) is 4.72. The van der Waals surface area contributed by atoms with Gasteiger partial charge in [-0.3, -0.25) is 4.98 Å². The van der Waals surface area contributed by atoms with Gasteiger partial charge < -0.3 is 5.73 Å². The number of hydrogen-bond donors (Lipinski definition) is 2. The molecule has 0 saturated heterocycles. The summed E-state index contributed by atoms with van der Waals surface area (Å²) in [5.74, 6) is 1.00. The van der Waals surface area contributed by atoms with Crippen molar-refractivity contribution in [1.82, 2.24) is 9.71 Å². The average molecular weight is 313 g/mol. The van der Waals surface area contributed by atoms with Crippen LogP contribution in [0.3, 0.4) is 0 Å². The quantitative estimate of drug-likeness (QED) is 0.803. The number of nitrogens with two attached hydrogens (primary N) is 1. The van der Waals surface area contributed by atoms with Crippen LogP contribution in [0.2, 0.25) is 0 Å². The minimum atomic E-state index is -3.51. The summed E-state index contributed by atoms with van der Waals surface area (Å²) in [6.07, 6.45) is 4.73. The van der Waals surface area contributed by atoms with Crippen molar-refractivity contribution >= 4 is 27.2 Å². The Morgan fingerprint density at radius 1 is 1.50 bits per heavy atom. The fraction of sp³-hybridized carbons (Fsp3) is 0.538. The Morgan fingerprint density at radius 2 is 2.25 bits per heavy atom. The number of sulfonamides is 1. The van der Waals surface area contributed by atoms with Gasteiger partial charge in [0.15, 0.2) is 0 Å². The van der Waals surface area contributed by atoms with Crippen LogP contribution in [-0.4, -0.2) is 24.9 Å². The van der Waals surface area contributed by atoms with E-state index in [1.807, 2.05) is 0 Å². The summed E-state index contributed by atoms with van der Waals surface area (Å²) < 4.78 is 27.0. The second kappa shape index (κ2) is 6.15. The van der Waals surface area contributed by atoms with E-state index in [2.05, 4.69) is 16.6 Å². The lowest BCUT2D eigenvalue weighted by Crippen LogP contribution is -2.30. The smallest absolute Gasteiger partial charge is 0.242 e. The van der Waals surface area contributed by atoms with E-state index in [1.54, 1.807) is 0 Å². The van der Waals surface area contributed by atoms with Gasteiger partial charge in [-0.05, 0) is 30.4 Å². The van der Waals surface area contributed by atoms with Gasteiger partial charge >= 0.3 is 0 Å². The van der Waals surface area contributed by atoms with E-state index in [0.717, 1.165) is 6.42 Å². The van der Waals surface area contributed by atoms with Crippen LogP contribution in [0.4, 0.5) is 0 Å².